The number of hydrogen-bond donors (Lipinski definition) is 1. The number of para-hydroxylation sites is 2. The van der Waals surface area contributed by atoms with E-state index in [1.165, 1.54) is 31.3 Å². The third-order valence-electron chi connectivity index (χ3n) is 7.56. The van der Waals surface area contributed by atoms with Gasteiger partial charge in [0.15, 0.2) is 0 Å². The van der Waals surface area contributed by atoms with E-state index in [1.807, 2.05) is 37.3 Å². The maximum Gasteiger partial charge on any atom is 0.264 e. The zero-order chi connectivity index (χ0) is 30.1. The number of carbonyl (C=O) groups is 2. The fraction of sp³-hybridized carbons (Fsp3) is 0.375. The van der Waals surface area contributed by atoms with Crippen molar-refractivity contribution in [3.05, 3.63) is 84.4 Å². The SMILES string of the molecule is CCC(C(=O)NC1CCCC1)N(Cc1ccccc1)C(=O)CN(c1ccccc1OC)S(=O)(=O)c1ccc(OC)cc1. The third kappa shape index (κ3) is 7.23. The summed E-state index contributed by atoms with van der Waals surface area (Å²) >= 11 is 0. The van der Waals surface area contributed by atoms with E-state index < -0.39 is 28.5 Å². The van der Waals surface area contributed by atoms with Crippen molar-refractivity contribution in [2.24, 2.45) is 0 Å². The Hall–Kier alpha value is -4.05. The van der Waals surface area contributed by atoms with E-state index in [9.17, 15) is 18.0 Å². The molecule has 224 valence electrons. The first-order valence-corrected chi connectivity index (χ1v) is 15.7. The Kier molecular flexibility index (Phi) is 10.5. The van der Waals surface area contributed by atoms with Gasteiger partial charge in [-0.25, -0.2) is 8.42 Å². The largest absolute Gasteiger partial charge is 0.497 e. The van der Waals surface area contributed by atoms with Gasteiger partial charge in [0, 0.05) is 12.6 Å². The summed E-state index contributed by atoms with van der Waals surface area (Å²) in [5, 5.41) is 3.12. The maximum atomic E-state index is 14.2. The van der Waals surface area contributed by atoms with Crippen LogP contribution in [0.1, 0.15) is 44.6 Å². The number of anilines is 1. The number of nitrogens with zero attached hydrogens (tertiary/aromatic N) is 2. The highest BCUT2D eigenvalue weighted by Crippen LogP contribution is 2.33. The van der Waals surface area contributed by atoms with Crippen molar-refractivity contribution in [3.63, 3.8) is 0 Å². The van der Waals surface area contributed by atoms with E-state index >= 15 is 0 Å². The lowest BCUT2D eigenvalue weighted by Crippen LogP contribution is -2.53. The molecule has 1 aliphatic rings. The van der Waals surface area contributed by atoms with Crippen molar-refractivity contribution in [2.45, 2.75) is 62.6 Å². The van der Waals surface area contributed by atoms with Gasteiger partial charge in [0.2, 0.25) is 11.8 Å². The van der Waals surface area contributed by atoms with Crippen molar-refractivity contribution in [1.82, 2.24) is 10.2 Å². The molecule has 1 atom stereocenters. The lowest BCUT2D eigenvalue weighted by Gasteiger charge is -2.34. The van der Waals surface area contributed by atoms with Crippen LogP contribution in [-0.4, -0.2) is 58.0 Å². The molecule has 4 rings (SSSR count). The number of benzene rings is 3. The van der Waals surface area contributed by atoms with Crippen LogP contribution in [0.15, 0.2) is 83.8 Å². The number of hydrogen-bond acceptors (Lipinski definition) is 6. The summed E-state index contributed by atoms with van der Waals surface area (Å²) < 4.78 is 39.9. The summed E-state index contributed by atoms with van der Waals surface area (Å²) in [6.07, 6.45) is 4.32. The Morgan fingerprint density at radius 2 is 1.55 bits per heavy atom. The molecule has 0 bridgehead atoms. The molecule has 2 amide bonds. The summed E-state index contributed by atoms with van der Waals surface area (Å²) in [5.74, 6) is 0.0655. The summed E-state index contributed by atoms with van der Waals surface area (Å²) in [7, 11) is -1.29. The molecular weight excluding hydrogens is 554 g/mol. The molecule has 1 fully saturated rings. The molecule has 0 aliphatic heterocycles. The van der Waals surface area contributed by atoms with Crippen molar-refractivity contribution in [2.75, 3.05) is 25.1 Å². The second-order valence-electron chi connectivity index (χ2n) is 10.3. The van der Waals surface area contributed by atoms with Crippen LogP contribution in [0.25, 0.3) is 0 Å². The second-order valence-corrected chi connectivity index (χ2v) is 12.1. The van der Waals surface area contributed by atoms with Crippen LogP contribution in [0.2, 0.25) is 0 Å². The van der Waals surface area contributed by atoms with Gasteiger partial charge in [-0.1, -0.05) is 62.2 Å². The predicted molar refractivity (Wildman–Crippen MR) is 162 cm³/mol. The predicted octanol–water partition coefficient (Wildman–Crippen LogP) is 4.77. The molecule has 0 heterocycles. The van der Waals surface area contributed by atoms with E-state index in [1.54, 1.807) is 36.4 Å². The monoisotopic (exact) mass is 593 g/mol. The maximum absolute atomic E-state index is 14.2. The molecule has 10 heteroatoms. The first kappa shape index (κ1) is 30.9. The summed E-state index contributed by atoms with van der Waals surface area (Å²) in [6, 6.07) is 21.3. The minimum atomic E-state index is -4.23. The number of methoxy groups -OCH3 is 2. The molecule has 1 N–H and O–H groups in total. The van der Waals surface area contributed by atoms with Gasteiger partial charge >= 0.3 is 0 Å². The molecule has 3 aromatic rings. The highest BCUT2D eigenvalue weighted by molar-refractivity contribution is 7.92. The fourth-order valence-corrected chi connectivity index (χ4v) is 6.72. The zero-order valence-corrected chi connectivity index (χ0v) is 25.2. The van der Waals surface area contributed by atoms with Crippen molar-refractivity contribution in [3.8, 4) is 11.5 Å². The number of sulfonamides is 1. The molecule has 1 aliphatic carbocycles. The van der Waals surface area contributed by atoms with E-state index in [2.05, 4.69) is 5.32 Å². The van der Waals surface area contributed by atoms with Gasteiger partial charge in [0.05, 0.1) is 24.8 Å². The standard InChI is InChI=1S/C32H39N3O6S/c1-4-28(32(37)33-25-14-8-9-15-25)34(22-24-12-6-5-7-13-24)31(36)23-35(29-16-10-11-17-30(29)41-3)42(38,39)27-20-18-26(40-2)19-21-27/h5-7,10-13,16-21,25,28H,4,8-9,14-15,22-23H2,1-3H3,(H,33,37). The quantitative estimate of drug-likeness (QED) is 0.306. The smallest absolute Gasteiger partial charge is 0.264 e. The highest BCUT2D eigenvalue weighted by Gasteiger charge is 2.35. The van der Waals surface area contributed by atoms with E-state index in [-0.39, 0.29) is 29.1 Å². The molecule has 0 aromatic heterocycles. The Bertz CT molecular complexity index is 1440. The first-order chi connectivity index (χ1) is 20.3. The minimum Gasteiger partial charge on any atom is -0.497 e. The highest BCUT2D eigenvalue weighted by atomic mass is 32.2. The van der Waals surface area contributed by atoms with E-state index in [0.717, 1.165) is 35.6 Å². The van der Waals surface area contributed by atoms with Crippen LogP contribution in [0.4, 0.5) is 5.69 Å². The second kappa shape index (κ2) is 14.2. The van der Waals surface area contributed by atoms with E-state index in [0.29, 0.717) is 17.9 Å². The average molecular weight is 594 g/mol. The van der Waals surface area contributed by atoms with Crippen LogP contribution in [0, 0.1) is 0 Å². The topological polar surface area (TPSA) is 105 Å². The average Bonchev–Trinajstić information content (AvgIpc) is 3.53. The van der Waals surface area contributed by atoms with Gasteiger partial charge in [0.1, 0.15) is 24.1 Å². The van der Waals surface area contributed by atoms with Crippen LogP contribution in [-0.2, 0) is 26.2 Å². The van der Waals surface area contributed by atoms with Gasteiger partial charge in [-0.3, -0.25) is 13.9 Å². The number of ether oxygens (including phenoxy) is 2. The molecule has 42 heavy (non-hydrogen) atoms. The number of amides is 2. The summed E-state index contributed by atoms with van der Waals surface area (Å²) in [6.45, 7) is 1.48. The van der Waals surface area contributed by atoms with Crippen molar-refractivity contribution >= 4 is 27.5 Å². The molecule has 0 saturated heterocycles. The molecule has 3 aromatic carbocycles. The van der Waals surface area contributed by atoms with Crippen molar-refractivity contribution < 1.29 is 27.5 Å². The summed E-state index contributed by atoms with van der Waals surface area (Å²) in [4.78, 5) is 29.2. The normalized spacial score (nSPS) is 14.2. The Morgan fingerprint density at radius 1 is 0.905 bits per heavy atom. The van der Waals surface area contributed by atoms with E-state index in [4.69, 9.17) is 9.47 Å². The Balaban J connectivity index is 1.73. The van der Waals surface area contributed by atoms with Gasteiger partial charge in [0.25, 0.3) is 10.0 Å². The summed E-state index contributed by atoms with van der Waals surface area (Å²) in [5.41, 5.74) is 1.05. The van der Waals surface area contributed by atoms with Gasteiger partial charge < -0.3 is 19.7 Å². The van der Waals surface area contributed by atoms with Gasteiger partial charge in [-0.05, 0) is 61.2 Å². The van der Waals surface area contributed by atoms with Gasteiger partial charge in [-0.15, -0.1) is 0 Å². The molecule has 1 unspecified atom stereocenters. The van der Waals surface area contributed by atoms with Crippen LogP contribution >= 0.6 is 0 Å². The van der Waals surface area contributed by atoms with Crippen LogP contribution in [0.5, 0.6) is 11.5 Å². The molecule has 1 saturated carbocycles. The lowest BCUT2D eigenvalue weighted by atomic mass is 10.1. The lowest BCUT2D eigenvalue weighted by molar-refractivity contribution is -0.140. The third-order valence-corrected chi connectivity index (χ3v) is 9.34. The number of rotatable bonds is 13. The molecule has 0 radical (unpaired) electrons. The Labute approximate surface area is 248 Å². The first-order valence-electron chi connectivity index (χ1n) is 14.2. The van der Waals surface area contributed by atoms with Crippen molar-refractivity contribution in [1.29, 1.82) is 0 Å². The fourth-order valence-electron chi connectivity index (χ4n) is 5.29. The zero-order valence-electron chi connectivity index (χ0n) is 24.4. The number of nitrogens with one attached hydrogen (secondary N) is 1. The molecule has 9 nitrogen and oxygen atoms in total. The van der Waals surface area contributed by atoms with Crippen LogP contribution < -0.4 is 19.1 Å². The Morgan fingerprint density at radius 3 is 2.17 bits per heavy atom. The van der Waals surface area contributed by atoms with Gasteiger partial charge in [-0.2, -0.15) is 0 Å². The molecule has 0 spiro atoms. The molecular formula is C32H39N3O6S. The number of carbonyl (C=O) groups excluding carboxylic acids is 2. The van der Waals surface area contributed by atoms with Crippen LogP contribution in [0.3, 0.4) is 0 Å². The minimum absolute atomic E-state index is 0.0115.